The van der Waals surface area contributed by atoms with Crippen LogP contribution in [0.4, 0.5) is 0 Å². The van der Waals surface area contributed by atoms with Crippen LogP contribution < -0.4 is 10.1 Å². The lowest BCUT2D eigenvalue weighted by Crippen LogP contribution is -2.26. The van der Waals surface area contributed by atoms with Crippen LogP contribution in [-0.2, 0) is 17.8 Å². The summed E-state index contributed by atoms with van der Waals surface area (Å²) in [6.45, 7) is 2.35. The van der Waals surface area contributed by atoms with Crippen LogP contribution in [0.3, 0.4) is 0 Å². The van der Waals surface area contributed by atoms with Gasteiger partial charge in [0, 0.05) is 24.6 Å². The van der Waals surface area contributed by atoms with Crippen molar-refractivity contribution in [2.45, 2.75) is 32.4 Å². The topological polar surface area (TPSA) is 77.2 Å². The van der Waals surface area contributed by atoms with Gasteiger partial charge in [0.1, 0.15) is 12.4 Å². The largest absolute Gasteiger partial charge is 0.487 e. The zero-order chi connectivity index (χ0) is 22.2. The van der Waals surface area contributed by atoms with Gasteiger partial charge in [-0.05, 0) is 36.8 Å². The maximum Gasteiger partial charge on any atom is 0.220 e. The first kappa shape index (κ1) is 21.3. The van der Waals surface area contributed by atoms with Gasteiger partial charge in [-0.1, -0.05) is 48.5 Å². The maximum atomic E-state index is 12.5. The molecule has 0 bridgehead atoms. The molecule has 4 aromatic rings. The van der Waals surface area contributed by atoms with Crippen LogP contribution in [0.2, 0.25) is 0 Å². The third kappa shape index (κ3) is 5.82. The Morgan fingerprint density at radius 1 is 1.03 bits per heavy atom. The van der Waals surface area contributed by atoms with E-state index in [9.17, 15) is 4.79 Å². The average Bonchev–Trinajstić information content (AvgIpc) is 3.32. The van der Waals surface area contributed by atoms with Crippen LogP contribution in [0, 0.1) is 0 Å². The fourth-order valence-electron chi connectivity index (χ4n) is 3.29. The van der Waals surface area contributed by atoms with Crippen molar-refractivity contribution in [2.75, 3.05) is 0 Å². The van der Waals surface area contributed by atoms with Gasteiger partial charge in [-0.2, -0.15) is 0 Å². The Bertz CT molecular complexity index is 1140. The number of oxazole rings is 1. The van der Waals surface area contributed by atoms with Crippen LogP contribution in [-0.4, -0.2) is 15.9 Å². The van der Waals surface area contributed by atoms with Crippen molar-refractivity contribution >= 4 is 5.91 Å². The first-order valence-corrected chi connectivity index (χ1v) is 10.6. The van der Waals surface area contributed by atoms with Gasteiger partial charge in [0.25, 0.3) is 0 Å². The number of aryl methyl sites for hydroxylation is 1. The van der Waals surface area contributed by atoms with Gasteiger partial charge in [0.15, 0.2) is 11.7 Å². The van der Waals surface area contributed by atoms with E-state index in [1.54, 1.807) is 12.4 Å². The fraction of sp³-hybridized carbons (Fsp3) is 0.192. The summed E-state index contributed by atoms with van der Waals surface area (Å²) in [5.74, 6) is 1.94. The first-order valence-electron chi connectivity index (χ1n) is 10.6. The number of rotatable bonds is 9. The molecule has 1 amide bonds. The molecule has 0 spiro atoms. The molecule has 2 aromatic carbocycles. The quantitative estimate of drug-likeness (QED) is 0.401. The number of hydrogen-bond donors (Lipinski definition) is 1. The molecular weight excluding hydrogens is 402 g/mol. The Hall–Kier alpha value is -3.93. The predicted octanol–water partition coefficient (Wildman–Crippen LogP) is 5.13. The van der Waals surface area contributed by atoms with Crippen molar-refractivity contribution in [3.63, 3.8) is 0 Å². The lowest BCUT2D eigenvalue weighted by Gasteiger charge is -2.15. The van der Waals surface area contributed by atoms with E-state index in [1.807, 2.05) is 79.7 Å². The number of amides is 1. The van der Waals surface area contributed by atoms with Crippen LogP contribution in [0.5, 0.6) is 5.75 Å². The van der Waals surface area contributed by atoms with E-state index in [-0.39, 0.29) is 11.9 Å². The van der Waals surface area contributed by atoms with Gasteiger partial charge in [0.2, 0.25) is 5.91 Å². The Morgan fingerprint density at radius 3 is 2.69 bits per heavy atom. The van der Waals surface area contributed by atoms with Crippen molar-refractivity contribution in [3.05, 3.63) is 102 Å². The molecule has 0 aliphatic rings. The molecule has 0 saturated heterocycles. The molecule has 0 aliphatic carbocycles. The number of nitrogens with zero attached hydrogens (tertiary/aromatic N) is 2. The highest BCUT2D eigenvalue weighted by Crippen LogP contribution is 2.22. The number of pyridine rings is 1. The molecule has 0 radical (unpaired) electrons. The second-order valence-corrected chi connectivity index (χ2v) is 7.46. The number of nitrogens with one attached hydrogen (secondary N) is 1. The number of hydrogen-bond acceptors (Lipinski definition) is 5. The molecule has 1 unspecified atom stereocenters. The summed E-state index contributed by atoms with van der Waals surface area (Å²) in [4.78, 5) is 21.0. The SMILES string of the molecule is CC(NC(=O)CCc1ncc(-c2ccccc2)o1)c1cccc(OCc2ccccn2)c1. The summed E-state index contributed by atoms with van der Waals surface area (Å²) < 4.78 is 11.6. The number of benzene rings is 2. The van der Waals surface area contributed by atoms with Crippen molar-refractivity contribution in [3.8, 4) is 17.1 Å². The molecule has 0 aliphatic heterocycles. The Kier molecular flexibility index (Phi) is 6.92. The van der Waals surface area contributed by atoms with Crippen LogP contribution in [0.15, 0.2) is 89.6 Å². The minimum absolute atomic E-state index is 0.0585. The molecule has 162 valence electrons. The molecule has 0 saturated carbocycles. The van der Waals surface area contributed by atoms with E-state index in [0.717, 1.165) is 22.6 Å². The third-order valence-corrected chi connectivity index (χ3v) is 5.03. The van der Waals surface area contributed by atoms with Crippen molar-refractivity contribution < 1.29 is 13.9 Å². The highest BCUT2D eigenvalue weighted by Gasteiger charge is 2.13. The number of carbonyl (C=O) groups is 1. The summed E-state index contributed by atoms with van der Waals surface area (Å²) in [6.07, 6.45) is 4.18. The predicted molar refractivity (Wildman–Crippen MR) is 122 cm³/mol. The minimum atomic E-state index is -0.148. The van der Waals surface area contributed by atoms with Gasteiger partial charge < -0.3 is 14.5 Å². The van der Waals surface area contributed by atoms with E-state index in [0.29, 0.717) is 31.1 Å². The molecule has 0 fully saturated rings. The van der Waals surface area contributed by atoms with E-state index >= 15 is 0 Å². The zero-order valence-corrected chi connectivity index (χ0v) is 17.9. The molecular formula is C26H25N3O3. The highest BCUT2D eigenvalue weighted by molar-refractivity contribution is 5.76. The van der Waals surface area contributed by atoms with E-state index < -0.39 is 0 Å². The van der Waals surface area contributed by atoms with Crippen LogP contribution in [0.25, 0.3) is 11.3 Å². The molecule has 2 aromatic heterocycles. The second-order valence-electron chi connectivity index (χ2n) is 7.46. The number of ether oxygens (including phenoxy) is 1. The smallest absolute Gasteiger partial charge is 0.220 e. The molecule has 4 rings (SSSR count). The van der Waals surface area contributed by atoms with Crippen LogP contribution >= 0.6 is 0 Å². The Labute approximate surface area is 187 Å². The minimum Gasteiger partial charge on any atom is -0.487 e. The fourth-order valence-corrected chi connectivity index (χ4v) is 3.29. The third-order valence-electron chi connectivity index (χ3n) is 5.03. The molecule has 1 atom stereocenters. The lowest BCUT2D eigenvalue weighted by molar-refractivity contribution is -0.121. The summed E-state index contributed by atoms with van der Waals surface area (Å²) in [5, 5.41) is 3.03. The molecule has 6 nitrogen and oxygen atoms in total. The van der Waals surface area contributed by atoms with Crippen LogP contribution in [0.1, 0.15) is 36.5 Å². The zero-order valence-electron chi connectivity index (χ0n) is 17.9. The van der Waals surface area contributed by atoms with Gasteiger partial charge in [0.05, 0.1) is 17.9 Å². The lowest BCUT2D eigenvalue weighted by atomic mass is 10.1. The summed E-state index contributed by atoms with van der Waals surface area (Å²) in [7, 11) is 0. The Morgan fingerprint density at radius 2 is 1.88 bits per heavy atom. The Balaban J connectivity index is 1.28. The van der Waals surface area contributed by atoms with E-state index in [4.69, 9.17) is 9.15 Å². The standard InChI is InChI=1S/C26H25N3O3/c1-19(21-10-7-12-23(16-21)31-18-22-11-5-6-15-27-22)29-25(30)13-14-26-28-17-24(32-26)20-8-3-2-4-9-20/h2-12,15-17,19H,13-14,18H2,1H3,(H,29,30). The molecule has 2 heterocycles. The van der Waals surface area contributed by atoms with Gasteiger partial charge in [-0.3, -0.25) is 9.78 Å². The van der Waals surface area contributed by atoms with E-state index in [2.05, 4.69) is 15.3 Å². The van der Waals surface area contributed by atoms with Crippen molar-refractivity contribution in [2.24, 2.45) is 0 Å². The van der Waals surface area contributed by atoms with Gasteiger partial charge in [-0.25, -0.2) is 4.98 Å². The highest BCUT2D eigenvalue weighted by atomic mass is 16.5. The average molecular weight is 428 g/mol. The summed E-state index contributed by atoms with van der Waals surface area (Å²) >= 11 is 0. The molecule has 1 N–H and O–H groups in total. The van der Waals surface area contributed by atoms with Gasteiger partial charge in [-0.15, -0.1) is 0 Å². The number of carbonyl (C=O) groups excluding carboxylic acids is 1. The monoisotopic (exact) mass is 427 g/mol. The summed E-state index contributed by atoms with van der Waals surface area (Å²) in [6, 6.07) is 23.1. The first-order chi connectivity index (χ1) is 15.7. The van der Waals surface area contributed by atoms with E-state index in [1.165, 1.54) is 0 Å². The van der Waals surface area contributed by atoms with Gasteiger partial charge >= 0.3 is 0 Å². The van der Waals surface area contributed by atoms with Crippen molar-refractivity contribution in [1.82, 2.24) is 15.3 Å². The second kappa shape index (κ2) is 10.4. The number of aromatic nitrogens is 2. The maximum absolute atomic E-state index is 12.5. The summed E-state index contributed by atoms with van der Waals surface area (Å²) in [5.41, 5.74) is 2.80. The van der Waals surface area contributed by atoms with Crippen molar-refractivity contribution in [1.29, 1.82) is 0 Å². The molecule has 6 heteroatoms. The normalized spacial score (nSPS) is 11.7. The molecule has 32 heavy (non-hydrogen) atoms.